The van der Waals surface area contributed by atoms with E-state index in [1.807, 2.05) is 0 Å². The Bertz CT molecular complexity index is 1220. The number of amides is 6. The third-order valence-electron chi connectivity index (χ3n) is 8.07. The van der Waals surface area contributed by atoms with E-state index in [0.717, 1.165) is 21.6 Å². The van der Waals surface area contributed by atoms with Crippen LogP contribution in [0, 0.1) is 0 Å². The highest BCUT2D eigenvalue weighted by atomic mass is 32.2. The number of nitrogens with one attached hydrogen (secondary N) is 2. The summed E-state index contributed by atoms with van der Waals surface area (Å²) in [5.74, 6) is -2.42. The van der Waals surface area contributed by atoms with Crippen molar-refractivity contribution in [2.75, 3.05) is 75.9 Å². The second-order valence-electron chi connectivity index (χ2n) is 12.2. The standard InChI is InChI=1S/C31H51N5O12S3/c1-3-19(38)14-34(8-9-37)15-21(40)16-50-17-22(41)23(42)18-51-25-11-29(46)36(31(25)48)7-5-27(44)33-13-20(39)12-32-26(43)4-6-35-28(45)10-24(49-2)30(35)47/h20-25,37,39-42H,3-18H2,1-2H3,(H,32,43)(H,33,44). The summed E-state index contributed by atoms with van der Waals surface area (Å²) in [5, 5.41) is 54.1. The molecule has 0 spiro atoms. The fourth-order valence-electron chi connectivity index (χ4n) is 5.08. The van der Waals surface area contributed by atoms with Gasteiger partial charge in [-0.05, 0) is 6.26 Å². The number of aliphatic hydroxyl groups excluding tert-OH is 5. The zero-order valence-corrected chi connectivity index (χ0v) is 31.4. The van der Waals surface area contributed by atoms with Crippen LogP contribution in [0.4, 0.5) is 0 Å². The molecule has 0 aromatic carbocycles. The van der Waals surface area contributed by atoms with Crippen LogP contribution in [-0.2, 0) is 33.6 Å². The van der Waals surface area contributed by atoms with E-state index < -0.39 is 58.5 Å². The number of Topliss-reactive ketones (excluding diaryl/α,β-unsaturated/α-hetero) is 1. The Morgan fingerprint density at radius 2 is 1.35 bits per heavy atom. The number of nitrogens with zero attached hydrogens (tertiary/aromatic N) is 3. The predicted octanol–water partition coefficient (Wildman–Crippen LogP) is -3.20. The highest BCUT2D eigenvalue weighted by Gasteiger charge is 2.40. The summed E-state index contributed by atoms with van der Waals surface area (Å²) in [4.78, 5) is 89.2. The molecule has 2 saturated heterocycles. The third kappa shape index (κ3) is 15.7. The Balaban J connectivity index is 1.62. The van der Waals surface area contributed by atoms with Crippen LogP contribution in [0.25, 0.3) is 0 Å². The van der Waals surface area contributed by atoms with Gasteiger partial charge < -0.3 is 36.2 Å². The molecule has 2 rings (SSSR count). The van der Waals surface area contributed by atoms with Crippen LogP contribution in [0.3, 0.4) is 0 Å². The molecule has 6 amide bonds. The van der Waals surface area contributed by atoms with E-state index in [9.17, 15) is 59.1 Å². The highest BCUT2D eigenvalue weighted by Crippen LogP contribution is 2.27. The number of ketones is 1. The molecular formula is C31H51N5O12S3. The number of imide groups is 2. The molecule has 0 bridgehead atoms. The minimum Gasteiger partial charge on any atom is -0.395 e. The minimum absolute atomic E-state index is 0.0141. The molecule has 17 nitrogen and oxygen atoms in total. The smallest absolute Gasteiger partial charge is 0.242 e. The van der Waals surface area contributed by atoms with Gasteiger partial charge in [-0.1, -0.05) is 6.92 Å². The Kier molecular flexibility index (Phi) is 20.6. The summed E-state index contributed by atoms with van der Waals surface area (Å²) in [6, 6.07) is 0. The minimum atomic E-state index is -1.21. The van der Waals surface area contributed by atoms with Gasteiger partial charge in [-0.25, -0.2) is 0 Å². The van der Waals surface area contributed by atoms with Crippen LogP contribution in [0.5, 0.6) is 0 Å². The summed E-state index contributed by atoms with van der Waals surface area (Å²) >= 11 is 3.49. The number of likely N-dealkylation sites (tertiary alicyclic amines) is 2. The van der Waals surface area contributed by atoms with Crippen LogP contribution in [0.15, 0.2) is 0 Å². The van der Waals surface area contributed by atoms with Crippen LogP contribution in [0.1, 0.15) is 39.0 Å². The average Bonchev–Trinajstić information content (AvgIpc) is 3.53. The van der Waals surface area contributed by atoms with Gasteiger partial charge in [-0.2, -0.15) is 23.5 Å². The number of thioether (sulfide) groups is 3. The van der Waals surface area contributed by atoms with E-state index in [4.69, 9.17) is 0 Å². The number of carbonyl (C=O) groups excluding carboxylic acids is 7. The van der Waals surface area contributed by atoms with Crippen LogP contribution in [-0.4, -0.2) is 192 Å². The molecule has 6 atom stereocenters. The number of hydrogen-bond acceptors (Lipinski definition) is 16. The van der Waals surface area contributed by atoms with Crippen molar-refractivity contribution in [1.29, 1.82) is 0 Å². The Hall–Kier alpha value is -2.30. The molecule has 2 heterocycles. The number of aliphatic hydroxyl groups is 5. The molecule has 0 aromatic rings. The summed E-state index contributed by atoms with van der Waals surface area (Å²) in [6.45, 7) is 1.45. The molecule has 6 unspecified atom stereocenters. The molecule has 2 aliphatic rings. The maximum absolute atomic E-state index is 12.8. The number of hydrogen-bond donors (Lipinski definition) is 7. The maximum atomic E-state index is 12.8. The fourth-order valence-corrected chi connectivity index (χ4v) is 7.88. The first-order valence-corrected chi connectivity index (χ1v) is 20.2. The van der Waals surface area contributed by atoms with Crippen molar-refractivity contribution in [2.24, 2.45) is 0 Å². The van der Waals surface area contributed by atoms with Crippen LogP contribution < -0.4 is 10.6 Å². The molecular weight excluding hydrogens is 731 g/mol. The molecule has 290 valence electrons. The lowest BCUT2D eigenvalue weighted by Gasteiger charge is -2.24. The SMILES string of the molecule is CCC(=O)CN(CCO)CC(O)CSCC(O)C(O)CSC1CC(=O)N(CCC(=O)NCC(O)CNC(=O)CCN2C(=O)CC(SC)C2=O)C1=O. The van der Waals surface area contributed by atoms with E-state index in [0.29, 0.717) is 6.42 Å². The van der Waals surface area contributed by atoms with Gasteiger partial charge in [-0.15, -0.1) is 11.8 Å². The van der Waals surface area contributed by atoms with Gasteiger partial charge in [0.05, 0.1) is 48.1 Å². The molecule has 0 radical (unpaired) electrons. The lowest BCUT2D eigenvalue weighted by molar-refractivity contribution is -0.140. The van der Waals surface area contributed by atoms with Gasteiger partial charge in [0, 0.05) is 88.6 Å². The maximum Gasteiger partial charge on any atom is 0.242 e. The van der Waals surface area contributed by atoms with Crippen molar-refractivity contribution < 1.29 is 59.1 Å². The van der Waals surface area contributed by atoms with Gasteiger partial charge in [0.1, 0.15) is 5.78 Å². The Morgan fingerprint density at radius 1 is 0.824 bits per heavy atom. The van der Waals surface area contributed by atoms with Gasteiger partial charge >= 0.3 is 0 Å². The topological polar surface area (TPSA) is 254 Å². The summed E-state index contributed by atoms with van der Waals surface area (Å²) in [7, 11) is 0. The number of rotatable bonds is 26. The van der Waals surface area contributed by atoms with Crippen molar-refractivity contribution in [3.8, 4) is 0 Å². The van der Waals surface area contributed by atoms with Gasteiger partial charge in [-0.3, -0.25) is 48.3 Å². The third-order valence-corrected chi connectivity index (χ3v) is 11.5. The molecule has 2 fully saturated rings. The van der Waals surface area contributed by atoms with Crippen molar-refractivity contribution >= 4 is 76.5 Å². The second-order valence-corrected chi connectivity index (χ2v) is 15.5. The quantitative estimate of drug-likeness (QED) is 0.0427. The zero-order chi connectivity index (χ0) is 38.1. The number of carbonyl (C=O) groups is 7. The lowest BCUT2D eigenvalue weighted by atomic mass is 10.2. The normalized spacial score (nSPS) is 20.2. The van der Waals surface area contributed by atoms with Gasteiger partial charge in [0.15, 0.2) is 0 Å². The predicted molar refractivity (Wildman–Crippen MR) is 192 cm³/mol. The Labute approximate surface area is 310 Å². The van der Waals surface area contributed by atoms with E-state index in [1.165, 1.54) is 23.5 Å². The lowest BCUT2D eigenvalue weighted by Crippen LogP contribution is -2.42. The first-order chi connectivity index (χ1) is 24.2. The van der Waals surface area contributed by atoms with Gasteiger partial charge in [0.25, 0.3) is 0 Å². The molecule has 51 heavy (non-hydrogen) atoms. The van der Waals surface area contributed by atoms with Gasteiger partial charge in [0.2, 0.25) is 35.4 Å². The molecule has 0 aliphatic carbocycles. The molecule has 0 saturated carbocycles. The largest absolute Gasteiger partial charge is 0.395 e. The summed E-state index contributed by atoms with van der Waals surface area (Å²) in [5.41, 5.74) is 0. The summed E-state index contributed by atoms with van der Waals surface area (Å²) < 4.78 is 0. The molecule has 20 heteroatoms. The fraction of sp³-hybridized carbons (Fsp3) is 0.774. The van der Waals surface area contributed by atoms with Crippen molar-refractivity contribution in [3.05, 3.63) is 0 Å². The van der Waals surface area contributed by atoms with Crippen molar-refractivity contribution in [3.63, 3.8) is 0 Å². The van der Waals surface area contributed by atoms with E-state index in [1.54, 1.807) is 18.1 Å². The molecule has 7 N–H and O–H groups in total. The van der Waals surface area contributed by atoms with E-state index in [2.05, 4.69) is 10.6 Å². The van der Waals surface area contributed by atoms with Crippen molar-refractivity contribution in [1.82, 2.24) is 25.3 Å². The average molecular weight is 782 g/mol. The zero-order valence-electron chi connectivity index (χ0n) is 28.9. The first kappa shape index (κ1) is 44.9. The summed E-state index contributed by atoms with van der Waals surface area (Å²) in [6.07, 6.45) is -2.65. The van der Waals surface area contributed by atoms with E-state index >= 15 is 0 Å². The monoisotopic (exact) mass is 781 g/mol. The second kappa shape index (κ2) is 23.4. The van der Waals surface area contributed by atoms with E-state index in [-0.39, 0.29) is 113 Å². The molecule has 0 aromatic heterocycles. The Morgan fingerprint density at radius 3 is 1.86 bits per heavy atom. The van der Waals surface area contributed by atoms with Crippen LogP contribution in [0.2, 0.25) is 0 Å². The molecule has 2 aliphatic heterocycles. The first-order valence-electron chi connectivity index (χ1n) is 16.7. The van der Waals surface area contributed by atoms with Crippen LogP contribution >= 0.6 is 35.3 Å². The van der Waals surface area contributed by atoms with Crippen molar-refractivity contribution in [2.45, 2.75) is 73.9 Å². The highest BCUT2D eigenvalue weighted by molar-refractivity contribution is 8.00.